The molecule has 0 saturated heterocycles. The summed E-state index contributed by atoms with van der Waals surface area (Å²) in [5, 5.41) is 0.625. The summed E-state index contributed by atoms with van der Waals surface area (Å²) in [4.78, 5) is 21.7. The van der Waals surface area contributed by atoms with Crippen LogP contribution in [0.3, 0.4) is 0 Å². The predicted octanol–water partition coefficient (Wildman–Crippen LogP) is 5.50. The van der Waals surface area contributed by atoms with Crippen LogP contribution in [-0.4, -0.2) is 22.4 Å². The highest BCUT2D eigenvalue weighted by Crippen LogP contribution is 2.38. The summed E-state index contributed by atoms with van der Waals surface area (Å²) in [6.45, 7) is 0.341. The van der Waals surface area contributed by atoms with Gasteiger partial charge in [0.05, 0.1) is 17.2 Å². The van der Waals surface area contributed by atoms with Gasteiger partial charge in [-0.05, 0) is 18.2 Å². The van der Waals surface area contributed by atoms with Crippen molar-refractivity contribution in [2.75, 3.05) is 6.61 Å². The molecular formula is C21H14Cl2N2O2. The summed E-state index contributed by atoms with van der Waals surface area (Å²) in [6.07, 6.45) is 5.66. The molecule has 0 aliphatic carbocycles. The Bertz CT molecular complexity index is 1030. The van der Waals surface area contributed by atoms with Gasteiger partial charge in [0.1, 0.15) is 5.02 Å². The number of rotatable bonds is 2. The maximum Gasteiger partial charge on any atom is 0.192 e. The van der Waals surface area contributed by atoms with Crippen LogP contribution >= 0.6 is 23.2 Å². The first-order chi connectivity index (χ1) is 13.1. The van der Waals surface area contributed by atoms with Gasteiger partial charge in [-0.25, -0.2) is 9.97 Å². The van der Waals surface area contributed by atoms with Gasteiger partial charge in [0.25, 0.3) is 0 Å². The Morgan fingerprint density at radius 2 is 1.74 bits per heavy atom. The number of hydrogen-bond donors (Lipinski definition) is 0. The molecule has 1 aromatic heterocycles. The standard InChI is InChI=1S/C21H14Cl2N2O2/c22-17-7-6-16-19(26)15(8-9-27-20(16)18(17)23)10-13-11-24-21(25-12-13)14-4-2-1-3-5-14/h1-7,10-12H,8-9H2. The molecule has 0 radical (unpaired) electrons. The number of hydrogen-bond acceptors (Lipinski definition) is 4. The van der Waals surface area contributed by atoms with Gasteiger partial charge in [-0.3, -0.25) is 4.79 Å². The van der Waals surface area contributed by atoms with Crippen molar-refractivity contribution >= 4 is 35.1 Å². The van der Waals surface area contributed by atoms with E-state index in [1.165, 1.54) is 0 Å². The van der Waals surface area contributed by atoms with Gasteiger partial charge in [0.15, 0.2) is 17.4 Å². The Balaban J connectivity index is 1.65. The minimum Gasteiger partial charge on any atom is -0.491 e. The quantitative estimate of drug-likeness (QED) is 0.536. The van der Waals surface area contributed by atoms with Crippen LogP contribution in [0.1, 0.15) is 22.3 Å². The molecule has 2 heterocycles. The number of ether oxygens (including phenoxy) is 1. The third-order valence-corrected chi connectivity index (χ3v) is 5.04. The first-order valence-electron chi connectivity index (χ1n) is 8.37. The van der Waals surface area contributed by atoms with Gasteiger partial charge < -0.3 is 4.74 Å². The van der Waals surface area contributed by atoms with Gasteiger partial charge in [-0.15, -0.1) is 0 Å². The fourth-order valence-electron chi connectivity index (χ4n) is 2.89. The van der Waals surface area contributed by atoms with E-state index in [4.69, 9.17) is 27.9 Å². The highest BCUT2D eigenvalue weighted by molar-refractivity contribution is 6.43. The Labute approximate surface area is 166 Å². The normalized spacial score (nSPS) is 15.2. The third kappa shape index (κ3) is 3.59. The number of nitrogens with zero attached hydrogens (tertiary/aromatic N) is 2. The Morgan fingerprint density at radius 1 is 1.00 bits per heavy atom. The zero-order chi connectivity index (χ0) is 18.8. The summed E-state index contributed by atoms with van der Waals surface area (Å²) >= 11 is 12.2. The number of halogens is 2. The minimum atomic E-state index is -0.131. The van der Waals surface area contributed by atoms with E-state index in [9.17, 15) is 4.79 Å². The molecule has 0 spiro atoms. The Morgan fingerprint density at radius 3 is 2.48 bits per heavy atom. The van der Waals surface area contributed by atoms with Crippen LogP contribution in [0.2, 0.25) is 10.0 Å². The number of fused-ring (bicyclic) bond motifs is 1. The van der Waals surface area contributed by atoms with Gasteiger partial charge >= 0.3 is 0 Å². The average Bonchev–Trinajstić information content (AvgIpc) is 2.86. The molecule has 0 fully saturated rings. The molecule has 0 saturated carbocycles. The van der Waals surface area contributed by atoms with Crippen LogP contribution in [0.15, 0.2) is 60.4 Å². The van der Waals surface area contributed by atoms with Gasteiger partial charge in [-0.2, -0.15) is 0 Å². The number of carbonyl (C=O) groups excluding carboxylic acids is 1. The molecule has 6 heteroatoms. The van der Waals surface area contributed by atoms with Crippen LogP contribution in [0.4, 0.5) is 0 Å². The molecule has 27 heavy (non-hydrogen) atoms. The second-order valence-corrected chi connectivity index (χ2v) is 6.83. The highest BCUT2D eigenvalue weighted by atomic mass is 35.5. The lowest BCUT2D eigenvalue weighted by molar-refractivity contribution is 0.103. The van der Waals surface area contributed by atoms with Crippen molar-refractivity contribution in [1.82, 2.24) is 9.97 Å². The molecule has 1 aliphatic heterocycles. The van der Waals surface area contributed by atoms with Crippen molar-refractivity contribution in [3.63, 3.8) is 0 Å². The fraction of sp³-hybridized carbons (Fsp3) is 0.0952. The van der Waals surface area contributed by atoms with Crippen LogP contribution < -0.4 is 4.74 Å². The maximum atomic E-state index is 12.9. The van der Waals surface area contributed by atoms with Crippen molar-refractivity contribution in [2.24, 2.45) is 0 Å². The SMILES string of the molecule is O=C1C(=Cc2cnc(-c3ccccc3)nc2)CCOc2c1ccc(Cl)c2Cl. The summed E-state index contributed by atoms with van der Waals surface area (Å²) in [5.74, 6) is 0.849. The van der Waals surface area contributed by atoms with Crippen molar-refractivity contribution < 1.29 is 9.53 Å². The largest absolute Gasteiger partial charge is 0.491 e. The minimum absolute atomic E-state index is 0.131. The summed E-state index contributed by atoms with van der Waals surface area (Å²) < 4.78 is 5.67. The molecule has 0 unspecified atom stereocenters. The van der Waals surface area contributed by atoms with E-state index in [-0.39, 0.29) is 10.8 Å². The first kappa shape index (κ1) is 17.7. The molecule has 4 nitrogen and oxygen atoms in total. The highest BCUT2D eigenvalue weighted by Gasteiger charge is 2.24. The first-order valence-corrected chi connectivity index (χ1v) is 9.12. The second-order valence-electron chi connectivity index (χ2n) is 6.04. The van der Waals surface area contributed by atoms with Crippen molar-refractivity contribution in [3.8, 4) is 17.1 Å². The summed E-state index contributed by atoms with van der Waals surface area (Å²) in [5.41, 5.74) is 2.72. The van der Waals surface area contributed by atoms with E-state index in [1.807, 2.05) is 30.3 Å². The second kappa shape index (κ2) is 7.51. The van der Waals surface area contributed by atoms with E-state index in [0.717, 1.165) is 11.1 Å². The van der Waals surface area contributed by atoms with Crippen molar-refractivity contribution in [1.29, 1.82) is 0 Å². The Hall–Kier alpha value is -2.69. The number of ketones is 1. The van der Waals surface area contributed by atoms with Gasteiger partial charge in [0, 0.05) is 35.5 Å². The maximum absolute atomic E-state index is 12.9. The van der Waals surface area contributed by atoms with Crippen LogP contribution in [-0.2, 0) is 0 Å². The number of carbonyl (C=O) groups is 1. The van der Waals surface area contributed by atoms with Crippen LogP contribution in [0.5, 0.6) is 5.75 Å². The van der Waals surface area contributed by atoms with E-state index in [0.29, 0.717) is 40.8 Å². The molecule has 3 aromatic rings. The molecule has 134 valence electrons. The van der Waals surface area contributed by atoms with Crippen molar-refractivity contribution in [3.05, 3.63) is 81.6 Å². The molecule has 0 N–H and O–H groups in total. The third-order valence-electron chi connectivity index (χ3n) is 4.25. The molecule has 0 amide bonds. The number of benzene rings is 2. The monoisotopic (exact) mass is 396 g/mol. The summed E-state index contributed by atoms with van der Waals surface area (Å²) in [7, 11) is 0. The van der Waals surface area contributed by atoms with Gasteiger partial charge in [0.2, 0.25) is 0 Å². The number of Topliss-reactive ketones (excluding diaryl/α,β-unsaturated/α-hetero) is 1. The molecule has 4 rings (SSSR count). The van der Waals surface area contributed by atoms with E-state index in [2.05, 4.69) is 9.97 Å². The van der Waals surface area contributed by atoms with Crippen LogP contribution in [0.25, 0.3) is 17.5 Å². The lowest BCUT2D eigenvalue weighted by atomic mass is 10.00. The molecular weight excluding hydrogens is 383 g/mol. The van der Waals surface area contributed by atoms with Gasteiger partial charge in [-0.1, -0.05) is 53.5 Å². The molecule has 0 atom stereocenters. The zero-order valence-corrected chi connectivity index (χ0v) is 15.7. The van der Waals surface area contributed by atoms with Crippen molar-refractivity contribution in [2.45, 2.75) is 6.42 Å². The lowest BCUT2D eigenvalue weighted by Gasteiger charge is -2.08. The molecule has 0 bridgehead atoms. The lowest BCUT2D eigenvalue weighted by Crippen LogP contribution is -2.02. The predicted molar refractivity (Wildman–Crippen MR) is 106 cm³/mol. The fourth-order valence-corrected chi connectivity index (χ4v) is 3.26. The average molecular weight is 397 g/mol. The van der Waals surface area contributed by atoms with Crippen LogP contribution in [0, 0.1) is 0 Å². The summed E-state index contributed by atoms with van der Waals surface area (Å²) in [6, 6.07) is 13.0. The number of aromatic nitrogens is 2. The van der Waals surface area contributed by atoms with E-state index in [1.54, 1.807) is 30.6 Å². The Kier molecular flexibility index (Phi) is 4.92. The molecule has 2 aromatic carbocycles. The zero-order valence-electron chi connectivity index (χ0n) is 14.2. The van der Waals surface area contributed by atoms with E-state index >= 15 is 0 Å². The molecule has 1 aliphatic rings. The van der Waals surface area contributed by atoms with E-state index < -0.39 is 0 Å². The topological polar surface area (TPSA) is 52.1 Å². The smallest absolute Gasteiger partial charge is 0.192 e.